The summed E-state index contributed by atoms with van der Waals surface area (Å²) in [6.07, 6.45) is 0.183. The van der Waals surface area contributed by atoms with Gasteiger partial charge in [-0.05, 0) is 25.5 Å². The van der Waals surface area contributed by atoms with E-state index in [2.05, 4.69) is 25.6 Å². The average molecular weight is 790 g/mol. The van der Waals surface area contributed by atoms with Crippen LogP contribution in [0.4, 0.5) is 0 Å². The number of carbonyl (C=O) groups is 2. The molecule has 0 aliphatic heterocycles. The van der Waals surface area contributed by atoms with Crippen molar-refractivity contribution in [3.63, 3.8) is 0 Å². The molecule has 0 heterocycles. The lowest BCUT2D eigenvalue weighted by Gasteiger charge is -2.27. The third-order valence-corrected chi connectivity index (χ3v) is 13.9. The predicted molar refractivity (Wildman–Crippen MR) is 185 cm³/mol. The van der Waals surface area contributed by atoms with Crippen LogP contribution < -0.4 is 10.6 Å². The molecule has 0 saturated carbocycles. The van der Waals surface area contributed by atoms with Gasteiger partial charge < -0.3 is 20.8 Å². The topological polar surface area (TPSA) is 257 Å². The van der Waals surface area contributed by atoms with Crippen molar-refractivity contribution in [2.24, 2.45) is 0 Å². The molecule has 4 aromatic carbocycles. The molecule has 1 atom stereocenters. The Kier molecular flexibility index (Phi) is 11.4. The molecule has 278 valence electrons. The van der Waals surface area contributed by atoms with Crippen molar-refractivity contribution < 1.29 is 61.8 Å². The Morgan fingerprint density at radius 1 is 0.824 bits per heavy atom. The van der Waals surface area contributed by atoms with E-state index in [1.54, 1.807) is 0 Å². The Morgan fingerprint density at radius 3 is 1.90 bits per heavy atom. The fraction of sp³-hybridized carbons (Fsp3) is 0.333. The Labute approximate surface area is 294 Å². The van der Waals surface area contributed by atoms with Gasteiger partial charge in [0, 0.05) is 64.1 Å². The van der Waals surface area contributed by atoms with Crippen LogP contribution >= 0.6 is 0 Å². The molecule has 0 radical (unpaired) electrons. The quantitative estimate of drug-likeness (QED) is 0.0522. The molecule has 0 saturated heterocycles. The first-order valence-electron chi connectivity index (χ1n) is 14.7. The largest absolute Gasteiger partial charge is 0.507 e. The molecule has 4 N–H and O–H groups in total. The number of phenolic OH excluding ortho intramolecular Hbond substituents is 1. The third kappa shape index (κ3) is 7.65. The summed E-state index contributed by atoms with van der Waals surface area (Å²) >= 11 is 0. The van der Waals surface area contributed by atoms with Gasteiger partial charge in [-0.15, -0.1) is 0 Å². The minimum Gasteiger partial charge on any atom is -0.507 e. The highest BCUT2D eigenvalue weighted by Crippen LogP contribution is 2.45. The number of benzene rings is 4. The van der Waals surface area contributed by atoms with Crippen LogP contribution in [-0.2, 0) is 58.1 Å². The lowest BCUT2D eigenvalue weighted by molar-refractivity contribution is -0.124. The zero-order valence-electron chi connectivity index (χ0n) is 27.7. The third-order valence-electron chi connectivity index (χ3n) is 8.10. The summed E-state index contributed by atoms with van der Waals surface area (Å²) < 4.78 is 115. The maximum atomic E-state index is 14.3. The van der Waals surface area contributed by atoms with E-state index in [-0.39, 0.29) is 57.4 Å². The number of aliphatic hydroxyl groups excluding tert-OH is 1. The molecule has 1 unspecified atom stereocenters. The van der Waals surface area contributed by atoms with Crippen LogP contribution in [-0.4, -0.2) is 112 Å². The number of nitrogens with one attached hydrogen (secondary N) is 2. The highest BCUT2D eigenvalue weighted by Gasteiger charge is 2.38. The number of nitrogens with zero attached hydrogens (tertiary/aromatic N) is 1. The Morgan fingerprint density at radius 2 is 1.35 bits per heavy atom. The molecular formula is C30H35N3O14S4. The first-order chi connectivity index (χ1) is 23.6. The molecular weight excluding hydrogens is 755 g/mol. The van der Waals surface area contributed by atoms with E-state index < -0.39 is 90.1 Å². The molecule has 4 aromatic rings. The molecule has 4 rings (SSSR count). The van der Waals surface area contributed by atoms with Gasteiger partial charge in [0.1, 0.15) is 28.4 Å². The fourth-order valence-corrected chi connectivity index (χ4v) is 9.83. The molecule has 0 spiro atoms. The lowest BCUT2D eigenvalue weighted by atomic mass is 9.94. The van der Waals surface area contributed by atoms with Crippen LogP contribution in [0.2, 0.25) is 0 Å². The van der Waals surface area contributed by atoms with Crippen LogP contribution in [0.3, 0.4) is 0 Å². The van der Waals surface area contributed by atoms with E-state index in [0.29, 0.717) is 4.31 Å². The van der Waals surface area contributed by atoms with Gasteiger partial charge in [-0.1, -0.05) is 24.8 Å². The molecule has 17 nitrogen and oxygen atoms in total. The summed E-state index contributed by atoms with van der Waals surface area (Å²) in [6, 6.07) is 4.69. The van der Waals surface area contributed by atoms with Crippen molar-refractivity contribution in [2.75, 3.05) is 46.0 Å². The van der Waals surface area contributed by atoms with E-state index in [4.69, 9.17) is 0 Å². The van der Waals surface area contributed by atoms with Gasteiger partial charge in [0.05, 0.1) is 24.0 Å². The molecule has 0 aliphatic rings. The minimum atomic E-state index is -4.93. The molecule has 0 aliphatic carbocycles. The highest BCUT2D eigenvalue weighted by molar-refractivity contribution is 7.91. The SMILES string of the molecule is C=C(C)C(=O)NCCCNC(=O)C(CS(=O)(=O)OC)N(C)S(=O)(=O)c1cc(O)c2ccc3c(S(=O)(=O)CO)cc(S(=O)(=O)OC)c4ccc1c2c34. The summed E-state index contributed by atoms with van der Waals surface area (Å²) in [4.78, 5) is 23.2. The number of hydrogen-bond donors (Lipinski definition) is 4. The van der Waals surface area contributed by atoms with Crippen LogP contribution in [0, 0.1) is 0 Å². The number of aliphatic hydroxyl groups is 1. The van der Waals surface area contributed by atoms with E-state index in [0.717, 1.165) is 33.4 Å². The Hall–Kier alpha value is -3.96. The number of rotatable bonds is 16. The second kappa shape index (κ2) is 14.6. The predicted octanol–water partition coefficient (Wildman–Crippen LogP) is 0.512. The number of carbonyl (C=O) groups excluding carboxylic acids is 2. The number of phenols is 1. The number of hydrogen-bond acceptors (Lipinski definition) is 14. The van der Waals surface area contributed by atoms with Crippen LogP contribution in [0.25, 0.3) is 32.3 Å². The van der Waals surface area contributed by atoms with Crippen molar-refractivity contribution in [1.82, 2.24) is 14.9 Å². The first-order valence-corrected chi connectivity index (χ1v) is 20.8. The lowest BCUT2D eigenvalue weighted by Crippen LogP contribution is -2.51. The van der Waals surface area contributed by atoms with Crippen LogP contribution in [0.5, 0.6) is 5.75 Å². The fourth-order valence-electron chi connectivity index (χ4n) is 5.42. The van der Waals surface area contributed by atoms with Crippen LogP contribution in [0.15, 0.2) is 63.2 Å². The van der Waals surface area contributed by atoms with Gasteiger partial charge in [-0.25, -0.2) is 16.8 Å². The molecule has 0 aromatic heterocycles. The summed E-state index contributed by atoms with van der Waals surface area (Å²) in [5, 5.41) is 25.2. The van der Waals surface area contributed by atoms with Gasteiger partial charge in [0.15, 0.2) is 0 Å². The molecule has 21 heteroatoms. The number of likely N-dealkylation sites (N-methyl/N-ethyl adjacent to an activating group) is 1. The first kappa shape index (κ1) is 39.8. The Balaban J connectivity index is 1.92. The number of amides is 2. The second-order valence-electron chi connectivity index (χ2n) is 11.3. The van der Waals surface area contributed by atoms with Crippen molar-refractivity contribution in [2.45, 2.75) is 34.1 Å². The molecule has 2 amide bonds. The second-order valence-corrected chi connectivity index (χ2v) is 18.7. The summed E-state index contributed by atoms with van der Waals surface area (Å²) in [7, 11) is -15.9. The smallest absolute Gasteiger partial charge is 0.297 e. The maximum Gasteiger partial charge on any atom is 0.297 e. The summed E-state index contributed by atoms with van der Waals surface area (Å²) in [6.45, 7) is 5.01. The summed E-state index contributed by atoms with van der Waals surface area (Å²) in [5.74, 6) is -4.64. The van der Waals surface area contributed by atoms with Crippen molar-refractivity contribution in [3.8, 4) is 5.75 Å². The van der Waals surface area contributed by atoms with Gasteiger partial charge in [-0.2, -0.15) is 21.1 Å². The zero-order chi connectivity index (χ0) is 38.3. The maximum absolute atomic E-state index is 14.3. The zero-order valence-corrected chi connectivity index (χ0v) is 30.9. The van der Waals surface area contributed by atoms with Gasteiger partial charge in [-0.3, -0.25) is 18.0 Å². The van der Waals surface area contributed by atoms with E-state index in [9.17, 15) is 53.5 Å². The minimum absolute atomic E-state index is 0.0148. The van der Waals surface area contributed by atoms with Gasteiger partial charge in [0.2, 0.25) is 31.7 Å². The van der Waals surface area contributed by atoms with Crippen LogP contribution in [0.1, 0.15) is 13.3 Å². The normalized spacial score (nSPS) is 13.6. The van der Waals surface area contributed by atoms with Crippen molar-refractivity contribution >= 4 is 84.2 Å². The van der Waals surface area contributed by atoms with Crippen molar-refractivity contribution in [3.05, 3.63) is 48.6 Å². The average Bonchev–Trinajstić information content (AvgIpc) is 3.08. The molecule has 0 fully saturated rings. The van der Waals surface area contributed by atoms with Crippen molar-refractivity contribution in [1.29, 1.82) is 0 Å². The number of sulfonamides is 1. The van der Waals surface area contributed by atoms with Gasteiger partial charge >= 0.3 is 0 Å². The highest BCUT2D eigenvalue weighted by atomic mass is 32.2. The standard InChI is InChI=1S/C30H35N3O14S4/c1-17(2)29(36)31-11-6-12-32-30(37)22(15-49(40,41)46-4)33(3)50(42,43)25-13-23(35)18-7-8-19-24(48(38,39)16-34)14-26(51(44,45)47-5)21-10-9-20(25)27(18)28(19)21/h7-10,13-14,22,34-35H,1,6,11-12,15-16H2,2-5H3,(H,31,36)(H,32,37). The van der Waals surface area contributed by atoms with E-state index >= 15 is 0 Å². The van der Waals surface area contributed by atoms with E-state index in [1.165, 1.54) is 31.2 Å². The van der Waals surface area contributed by atoms with Gasteiger partial charge in [0.25, 0.3) is 20.2 Å². The molecule has 51 heavy (non-hydrogen) atoms. The summed E-state index contributed by atoms with van der Waals surface area (Å²) in [5.41, 5.74) is 0.254. The number of sulfone groups is 1. The van der Waals surface area contributed by atoms with E-state index in [1.807, 2.05) is 0 Å². The molecule has 0 bridgehead atoms. The Bertz CT molecular complexity index is 2450. The number of aromatic hydroxyl groups is 1. The monoisotopic (exact) mass is 789 g/mol.